The van der Waals surface area contributed by atoms with Crippen LogP contribution in [-0.4, -0.2) is 10.5 Å². The van der Waals surface area contributed by atoms with E-state index in [2.05, 4.69) is 11.4 Å². The summed E-state index contributed by atoms with van der Waals surface area (Å²) >= 11 is 5.85. The van der Waals surface area contributed by atoms with Crippen molar-refractivity contribution in [3.8, 4) is 11.8 Å². The van der Waals surface area contributed by atoms with E-state index in [0.29, 0.717) is 22.0 Å². The molecular formula is C21H16ClN3O2. The molecular weight excluding hydrogens is 362 g/mol. The Kier molecular flexibility index (Phi) is 5.39. The van der Waals surface area contributed by atoms with Crippen LogP contribution in [0.25, 0.3) is 5.69 Å². The van der Waals surface area contributed by atoms with Gasteiger partial charge in [-0.1, -0.05) is 29.8 Å². The molecule has 2 aromatic carbocycles. The van der Waals surface area contributed by atoms with Crippen LogP contribution in [0.5, 0.6) is 0 Å². The second-order valence-electron chi connectivity index (χ2n) is 6.00. The first-order valence-electron chi connectivity index (χ1n) is 8.25. The highest BCUT2D eigenvalue weighted by atomic mass is 35.5. The van der Waals surface area contributed by atoms with E-state index < -0.39 is 11.5 Å². The molecule has 0 aliphatic rings. The largest absolute Gasteiger partial charge is 0.348 e. The van der Waals surface area contributed by atoms with Crippen molar-refractivity contribution >= 4 is 17.5 Å². The fourth-order valence-electron chi connectivity index (χ4n) is 2.72. The van der Waals surface area contributed by atoms with Crippen LogP contribution in [0.15, 0.2) is 65.5 Å². The molecule has 1 amide bonds. The minimum atomic E-state index is -0.458. The molecule has 5 nitrogen and oxygen atoms in total. The van der Waals surface area contributed by atoms with Crippen LogP contribution >= 0.6 is 11.6 Å². The molecule has 6 heteroatoms. The number of carbonyl (C=O) groups is 1. The van der Waals surface area contributed by atoms with E-state index in [1.807, 2.05) is 12.1 Å². The number of hydrogen-bond acceptors (Lipinski definition) is 3. The quantitative estimate of drug-likeness (QED) is 0.754. The van der Waals surface area contributed by atoms with Gasteiger partial charge >= 0.3 is 0 Å². The monoisotopic (exact) mass is 377 g/mol. The van der Waals surface area contributed by atoms with Crippen LogP contribution in [-0.2, 0) is 6.54 Å². The molecule has 0 aliphatic carbocycles. The maximum atomic E-state index is 12.9. The Hall–Kier alpha value is -3.36. The highest BCUT2D eigenvalue weighted by Gasteiger charge is 2.15. The molecule has 134 valence electrons. The van der Waals surface area contributed by atoms with Crippen molar-refractivity contribution in [3.63, 3.8) is 0 Å². The lowest BCUT2D eigenvalue weighted by Crippen LogP contribution is -2.33. The van der Waals surface area contributed by atoms with Crippen molar-refractivity contribution in [1.29, 1.82) is 5.26 Å². The van der Waals surface area contributed by atoms with Gasteiger partial charge < -0.3 is 5.32 Å². The van der Waals surface area contributed by atoms with Crippen molar-refractivity contribution in [3.05, 3.63) is 98.4 Å². The zero-order valence-electron chi connectivity index (χ0n) is 14.6. The third kappa shape index (κ3) is 4.08. The minimum absolute atomic E-state index is 0.0388. The fraction of sp³-hybridized carbons (Fsp3) is 0.0952. The summed E-state index contributed by atoms with van der Waals surface area (Å²) in [6.45, 7) is 2.06. The van der Waals surface area contributed by atoms with Crippen LogP contribution in [0.4, 0.5) is 0 Å². The zero-order chi connectivity index (χ0) is 19.4. The number of nitriles is 1. The van der Waals surface area contributed by atoms with Crippen molar-refractivity contribution in [2.24, 2.45) is 0 Å². The van der Waals surface area contributed by atoms with Crippen molar-refractivity contribution in [2.75, 3.05) is 0 Å². The maximum absolute atomic E-state index is 12.9. The molecule has 3 rings (SSSR count). The SMILES string of the molecule is Cc1ccc(C(=O)NCc2ccc(Cl)cc2)c(=O)n1-c1cccc(C#N)c1. The summed E-state index contributed by atoms with van der Waals surface area (Å²) in [7, 11) is 0. The minimum Gasteiger partial charge on any atom is -0.348 e. The molecule has 0 saturated heterocycles. The van der Waals surface area contributed by atoms with E-state index >= 15 is 0 Å². The van der Waals surface area contributed by atoms with Crippen molar-refractivity contribution < 1.29 is 4.79 Å². The topological polar surface area (TPSA) is 74.9 Å². The number of amides is 1. The summed E-state index contributed by atoms with van der Waals surface area (Å²) in [4.78, 5) is 25.4. The average molecular weight is 378 g/mol. The highest BCUT2D eigenvalue weighted by Crippen LogP contribution is 2.12. The number of nitrogens with zero attached hydrogens (tertiary/aromatic N) is 2. The number of hydrogen-bond donors (Lipinski definition) is 1. The summed E-state index contributed by atoms with van der Waals surface area (Å²) in [5.74, 6) is -0.458. The van der Waals surface area contributed by atoms with Gasteiger partial charge in [0.25, 0.3) is 11.5 Å². The molecule has 0 spiro atoms. The Morgan fingerprint density at radius 3 is 2.59 bits per heavy atom. The van der Waals surface area contributed by atoms with Crippen LogP contribution in [0.1, 0.15) is 27.2 Å². The van der Waals surface area contributed by atoms with Gasteiger partial charge in [-0.05, 0) is 55.0 Å². The number of aryl methyl sites for hydroxylation is 1. The standard InChI is InChI=1S/C21H16ClN3O2/c1-14-5-10-19(20(26)24-13-15-6-8-17(22)9-7-15)21(27)25(14)18-4-2-3-16(11-18)12-23/h2-11H,13H2,1H3,(H,24,26). The number of pyridine rings is 1. The van der Waals surface area contributed by atoms with Crippen LogP contribution in [0, 0.1) is 18.3 Å². The van der Waals surface area contributed by atoms with Gasteiger partial charge in [0.15, 0.2) is 0 Å². The van der Waals surface area contributed by atoms with Gasteiger partial charge in [0.2, 0.25) is 0 Å². The van der Waals surface area contributed by atoms with Gasteiger partial charge in [-0.15, -0.1) is 0 Å². The Bertz CT molecular complexity index is 1100. The third-order valence-electron chi connectivity index (χ3n) is 4.12. The van der Waals surface area contributed by atoms with E-state index in [9.17, 15) is 9.59 Å². The lowest BCUT2D eigenvalue weighted by Gasteiger charge is -2.12. The Morgan fingerprint density at radius 1 is 1.15 bits per heavy atom. The lowest BCUT2D eigenvalue weighted by atomic mass is 10.1. The van der Waals surface area contributed by atoms with Gasteiger partial charge in [0, 0.05) is 17.3 Å². The number of benzene rings is 2. The smallest absolute Gasteiger partial charge is 0.268 e. The fourth-order valence-corrected chi connectivity index (χ4v) is 2.84. The van der Waals surface area contributed by atoms with E-state index in [1.54, 1.807) is 49.4 Å². The average Bonchev–Trinajstić information content (AvgIpc) is 2.67. The van der Waals surface area contributed by atoms with Gasteiger partial charge in [-0.3, -0.25) is 14.2 Å². The van der Waals surface area contributed by atoms with E-state index in [0.717, 1.165) is 5.56 Å². The molecule has 0 atom stereocenters. The predicted molar refractivity (Wildman–Crippen MR) is 104 cm³/mol. The molecule has 0 unspecified atom stereocenters. The Labute approximate surface area is 161 Å². The van der Waals surface area contributed by atoms with Crippen LogP contribution in [0.3, 0.4) is 0 Å². The van der Waals surface area contributed by atoms with E-state index in [1.165, 1.54) is 10.6 Å². The first-order valence-corrected chi connectivity index (χ1v) is 8.63. The molecule has 0 aliphatic heterocycles. The van der Waals surface area contributed by atoms with E-state index in [-0.39, 0.29) is 12.1 Å². The van der Waals surface area contributed by atoms with Crippen LogP contribution in [0.2, 0.25) is 5.02 Å². The van der Waals surface area contributed by atoms with Gasteiger partial charge in [0.1, 0.15) is 5.56 Å². The molecule has 1 aromatic heterocycles. The van der Waals surface area contributed by atoms with Gasteiger partial charge in [-0.2, -0.15) is 5.26 Å². The van der Waals surface area contributed by atoms with Crippen molar-refractivity contribution in [1.82, 2.24) is 9.88 Å². The highest BCUT2D eigenvalue weighted by molar-refractivity contribution is 6.30. The first kappa shape index (κ1) is 18.4. The summed E-state index contributed by atoms with van der Waals surface area (Å²) in [6, 6.07) is 19.1. The number of rotatable bonds is 4. The molecule has 0 bridgehead atoms. The molecule has 3 aromatic rings. The van der Waals surface area contributed by atoms with Crippen LogP contribution < -0.4 is 10.9 Å². The summed E-state index contributed by atoms with van der Waals surface area (Å²) in [5.41, 5.74) is 2.14. The number of halogens is 1. The third-order valence-corrected chi connectivity index (χ3v) is 4.37. The molecule has 27 heavy (non-hydrogen) atoms. The molecule has 0 fully saturated rings. The Balaban J connectivity index is 1.90. The number of carbonyl (C=O) groups excluding carboxylic acids is 1. The molecule has 0 saturated carbocycles. The molecule has 1 heterocycles. The van der Waals surface area contributed by atoms with Gasteiger partial charge in [-0.25, -0.2) is 0 Å². The zero-order valence-corrected chi connectivity index (χ0v) is 15.3. The molecule has 1 N–H and O–H groups in total. The van der Waals surface area contributed by atoms with Gasteiger partial charge in [0.05, 0.1) is 17.3 Å². The van der Waals surface area contributed by atoms with Crippen molar-refractivity contribution in [2.45, 2.75) is 13.5 Å². The lowest BCUT2D eigenvalue weighted by molar-refractivity contribution is 0.0949. The second-order valence-corrected chi connectivity index (χ2v) is 6.44. The summed E-state index contributed by atoms with van der Waals surface area (Å²) in [6.07, 6.45) is 0. The molecule has 0 radical (unpaired) electrons. The first-order chi connectivity index (χ1) is 13.0. The normalized spacial score (nSPS) is 10.3. The number of aromatic nitrogens is 1. The summed E-state index contributed by atoms with van der Waals surface area (Å²) in [5, 5.41) is 12.4. The number of nitrogens with one attached hydrogen (secondary N) is 1. The van der Waals surface area contributed by atoms with E-state index in [4.69, 9.17) is 16.9 Å². The second kappa shape index (κ2) is 7.90. The summed E-state index contributed by atoms with van der Waals surface area (Å²) < 4.78 is 1.43. The maximum Gasteiger partial charge on any atom is 0.268 e. The Morgan fingerprint density at radius 2 is 1.89 bits per heavy atom. The predicted octanol–water partition coefficient (Wildman–Crippen LogP) is 3.60.